The SMILES string of the molecule is CC[C@H](CO)N[C@@H](C)c1nccs1. The molecule has 0 bridgehead atoms. The van der Waals surface area contributed by atoms with Gasteiger partial charge < -0.3 is 10.4 Å². The van der Waals surface area contributed by atoms with Crippen LogP contribution in [0.1, 0.15) is 31.3 Å². The van der Waals surface area contributed by atoms with Gasteiger partial charge in [-0.25, -0.2) is 4.98 Å². The molecule has 74 valence electrons. The van der Waals surface area contributed by atoms with Crippen molar-refractivity contribution in [3.8, 4) is 0 Å². The van der Waals surface area contributed by atoms with E-state index >= 15 is 0 Å². The first-order valence-corrected chi connectivity index (χ1v) is 5.42. The summed E-state index contributed by atoms with van der Waals surface area (Å²) in [7, 11) is 0. The molecule has 0 aliphatic heterocycles. The number of aromatic nitrogens is 1. The van der Waals surface area contributed by atoms with E-state index in [1.807, 2.05) is 5.38 Å². The van der Waals surface area contributed by atoms with Crippen LogP contribution in [0.25, 0.3) is 0 Å². The Balaban J connectivity index is 2.45. The largest absolute Gasteiger partial charge is 0.395 e. The van der Waals surface area contributed by atoms with Gasteiger partial charge in [-0.1, -0.05) is 6.92 Å². The number of nitrogens with one attached hydrogen (secondary N) is 1. The van der Waals surface area contributed by atoms with Crippen molar-refractivity contribution in [2.24, 2.45) is 0 Å². The van der Waals surface area contributed by atoms with Crippen LogP contribution in [0.4, 0.5) is 0 Å². The van der Waals surface area contributed by atoms with Gasteiger partial charge in [0.05, 0.1) is 12.6 Å². The fraction of sp³-hybridized carbons (Fsp3) is 0.667. The Hall–Kier alpha value is -0.450. The van der Waals surface area contributed by atoms with Gasteiger partial charge in [-0.2, -0.15) is 0 Å². The molecule has 1 rings (SSSR count). The maximum Gasteiger partial charge on any atom is 0.109 e. The van der Waals surface area contributed by atoms with E-state index in [1.54, 1.807) is 17.5 Å². The predicted molar refractivity (Wildman–Crippen MR) is 54.8 cm³/mol. The second-order valence-electron chi connectivity index (χ2n) is 3.05. The summed E-state index contributed by atoms with van der Waals surface area (Å²) in [6.45, 7) is 4.31. The monoisotopic (exact) mass is 200 g/mol. The quantitative estimate of drug-likeness (QED) is 0.758. The lowest BCUT2D eigenvalue weighted by atomic mass is 10.2. The first-order chi connectivity index (χ1) is 6.27. The molecule has 1 aromatic heterocycles. The topological polar surface area (TPSA) is 45.1 Å². The van der Waals surface area contributed by atoms with E-state index in [9.17, 15) is 0 Å². The molecule has 0 aromatic carbocycles. The molecule has 0 unspecified atom stereocenters. The van der Waals surface area contributed by atoms with Crippen LogP contribution in [-0.4, -0.2) is 22.7 Å². The van der Waals surface area contributed by atoms with E-state index in [4.69, 9.17) is 5.11 Å². The van der Waals surface area contributed by atoms with Crippen LogP contribution in [0.5, 0.6) is 0 Å². The Bertz CT molecular complexity index is 222. The Morgan fingerprint density at radius 2 is 2.46 bits per heavy atom. The van der Waals surface area contributed by atoms with Gasteiger partial charge in [-0.15, -0.1) is 11.3 Å². The molecule has 1 aromatic rings. The number of aliphatic hydroxyl groups excluding tert-OH is 1. The molecule has 0 amide bonds. The molecule has 0 fully saturated rings. The van der Waals surface area contributed by atoms with E-state index in [0.717, 1.165) is 11.4 Å². The van der Waals surface area contributed by atoms with Crippen LogP contribution in [0, 0.1) is 0 Å². The van der Waals surface area contributed by atoms with Gasteiger partial charge in [0, 0.05) is 17.6 Å². The minimum Gasteiger partial charge on any atom is -0.395 e. The molecular formula is C9H16N2OS. The first kappa shape index (κ1) is 10.6. The third kappa shape index (κ3) is 3.06. The number of aliphatic hydroxyl groups is 1. The molecule has 0 spiro atoms. The van der Waals surface area contributed by atoms with E-state index in [2.05, 4.69) is 24.1 Å². The summed E-state index contributed by atoms with van der Waals surface area (Å²) in [5.41, 5.74) is 0. The van der Waals surface area contributed by atoms with Crippen LogP contribution in [0.2, 0.25) is 0 Å². The smallest absolute Gasteiger partial charge is 0.109 e. The lowest BCUT2D eigenvalue weighted by Crippen LogP contribution is -2.33. The van der Waals surface area contributed by atoms with Crippen LogP contribution in [0.15, 0.2) is 11.6 Å². The fourth-order valence-electron chi connectivity index (χ4n) is 1.17. The highest BCUT2D eigenvalue weighted by molar-refractivity contribution is 7.09. The van der Waals surface area contributed by atoms with Gasteiger partial charge in [-0.05, 0) is 13.3 Å². The van der Waals surface area contributed by atoms with Crippen molar-refractivity contribution in [2.75, 3.05) is 6.61 Å². The number of nitrogens with zero attached hydrogens (tertiary/aromatic N) is 1. The Morgan fingerprint density at radius 1 is 1.69 bits per heavy atom. The van der Waals surface area contributed by atoms with Gasteiger partial charge in [-0.3, -0.25) is 0 Å². The zero-order valence-electron chi connectivity index (χ0n) is 8.03. The molecule has 2 atom stereocenters. The first-order valence-electron chi connectivity index (χ1n) is 4.54. The van der Waals surface area contributed by atoms with Crippen molar-refractivity contribution < 1.29 is 5.11 Å². The summed E-state index contributed by atoms with van der Waals surface area (Å²) in [6.07, 6.45) is 2.74. The van der Waals surface area contributed by atoms with E-state index < -0.39 is 0 Å². The average molecular weight is 200 g/mol. The van der Waals surface area contributed by atoms with E-state index in [1.165, 1.54) is 0 Å². The number of thiazole rings is 1. The van der Waals surface area contributed by atoms with Crippen molar-refractivity contribution in [1.29, 1.82) is 0 Å². The highest BCUT2D eigenvalue weighted by atomic mass is 32.1. The Labute approximate surface area is 82.8 Å². The average Bonchev–Trinajstić information content (AvgIpc) is 2.66. The second-order valence-corrected chi connectivity index (χ2v) is 3.97. The summed E-state index contributed by atoms with van der Waals surface area (Å²) in [5, 5.41) is 15.4. The van der Waals surface area contributed by atoms with Gasteiger partial charge in [0.15, 0.2) is 0 Å². The summed E-state index contributed by atoms with van der Waals surface area (Å²) >= 11 is 1.64. The minimum absolute atomic E-state index is 0.180. The third-order valence-electron chi connectivity index (χ3n) is 2.02. The van der Waals surface area contributed by atoms with Crippen molar-refractivity contribution in [3.05, 3.63) is 16.6 Å². The minimum atomic E-state index is 0.180. The number of hydrogen-bond donors (Lipinski definition) is 2. The molecule has 2 N–H and O–H groups in total. The maximum atomic E-state index is 8.99. The van der Waals surface area contributed by atoms with Crippen LogP contribution in [-0.2, 0) is 0 Å². The molecule has 0 saturated carbocycles. The lowest BCUT2D eigenvalue weighted by Gasteiger charge is -2.18. The second kappa shape index (κ2) is 5.32. The van der Waals surface area contributed by atoms with Crippen LogP contribution < -0.4 is 5.32 Å². The number of rotatable bonds is 5. The summed E-state index contributed by atoms with van der Waals surface area (Å²) < 4.78 is 0. The maximum absolute atomic E-state index is 8.99. The summed E-state index contributed by atoms with van der Waals surface area (Å²) in [5.74, 6) is 0. The van der Waals surface area contributed by atoms with Crippen molar-refractivity contribution in [3.63, 3.8) is 0 Å². The van der Waals surface area contributed by atoms with Crippen LogP contribution in [0.3, 0.4) is 0 Å². The third-order valence-corrected chi connectivity index (χ3v) is 2.98. The molecule has 0 aliphatic rings. The number of hydrogen-bond acceptors (Lipinski definition) is 4. The van der Waals surface area contributed by atoms with Crippen molar-refractivity contribution in [1.82, 2.24) is 10.3 Å². The zero-order chi connectivity index (χ0) is 9.68. The molecule has 3 nitrogen and oxygen atoms in total. The fourth-order valence-corrected chi connectivity index (χ4v) is 1.83. The summed E-state index contributed by atoms with van der Waals surface area (Å²) in [4.78, 5) is 4.21. The highest BCUT2D eigenvalue weighted by Crippen LogP contribution is 2.15. The molecule has 0 radical (unpaired) electrons. The van der Waals surface area contributed by atoms with Crippen LogP contribution >= 0.6 is 11.3 Å². The standard InChI is InChI=1S/C9H16N2OS/c1-3-8(6-12)11-7(2)9-10-4-5-13-9/h4-5,7-8,11-12H,3,6H2,1-2H3/t7-,8+/m0/s1. The van der Waals surface area contributed by atoms with Gasteiger partial charge in [0.2, 0.25) is 0 Å². The van der Waals surface area contributed by atoms with Crippen molar-refractivity contribution >= 4 is 11.3 Å². The van der Waals surface area contributed by atoms with Gasteiger partial charge >= 0.3 is 0 Å². The van der Waals surface area contributed by atoms with E-state index in [-0.39, 0.29) is 18.7 Å². The highest BCUT2D eigenvalue weighted by Gasteiger charge is 2.12. The Kier molecular flexibility index (Phi) is 4.35. The predicted octanol–water partition coefficient (Wildman–Crippen LogP) is 1.56. The molecule has 4 heteroatoms. The molecule has 0 aliphatic carbocycles. The normalized spacial score (nSPS) is 15.6. The lowest BCUT2D eigenvalue weighted by molar-refractivity contribution is 0.230. The zero-order valence-corrected chi connectivity index (χ0v) is 8.84. The van der Waals surface area contributed by atoms with Gasteiger partial charge in [0.1, 0.15) is 5.01 Å². The molecule has 13 heavy (non-hydrogen) atoms. The molecular weight excluding hydrogens is 184 g/mol. The van der Waals surface area contributed by atoms with E-state index in [0.29, 0.717) is 0 Å². The molecule has 1 heterocycles. The Morgan fingerprint density at radius 3 is 2.92 bits per heavy atom. The van der Waals surface area contributed by atoms with Gasteiger partial charge in [0.25, 0.3) is 0 Å². The summed E-state index contributed by atoms with van der Waals surface area (Å²) in [6, 6.07) is 0.413. The van der Waals surface area contributed by atoms with Crippen molar-refractivity contribution in [2.45, 2.75) is 32.4 Å². The molecule has 0 saturated heterocycles.